The van der Waals surface area contributed by atoms with Crippen LogP contribution >= 0.6 is 0 Å². The van der Waals surface area contributed by atoms with E-state index in [1.807, 2.05) is 6.07 Å². The largest absolute Gasteiger partial charge is 0.439 e. The van der Waals surface area contributed by atoms with Crippen molar-refractivity contribution in [1.82, 2.24) is 0 Å². The molecule has 0 saturated heterocycles. The Morgan fingerprint density at radius 2 is 1.14 bits per heavy atom. The van der Waals surface area contributed by atoms with Crippen molar-refractivity contribution in [2.45, 2.75) is 148 Å². The first-order chi connectivity index (χ1) is 17.8. The number of rotatable bonds is 23. The molecule has 0 aliphatic heterocycles. The highest BCUT2D eigenvalue weighted by molar-refractivity contribution is 6.77. The number of carbonyl (C=O) groups excluding carboxylic acids is 1. The van der Waals surface area contributed by atoms with Crippen molar-refractivity contribution in [3.63, 3.8) is 0 Å². The summed E-state index contributed by atoms with van der Waals surface area (Å²) in [5, 5.41) is 0. The molecule has 0 fully saturated rings. The van der Waals surface area contributed by atoms with E-state index < -0.39 is 8.32 Å². The monoisotopic (exact) mass is 534 g/mol. The van der Waals surface area contributed by atoms with E-state index in [4.69, 9.17) is 13.9 Å². The lowest BCUT2D eigenvalue weighted by Gasteiger charge is -2.41. The maximum absolute atomic E-state index is 12.1. The Bertz CT molecular complexity index is 653. The molecule has 0 N–H and O–H groups in total. The zero-order valence-corrected chi connectivity index (χ0v) is 26.1. The van der Waals surface area contributed by atoms with Crippen molar-refractivity contribution >= 4 is 14.3 Å². The fourth-order valence-corrected chi connectivity index (χ4v) is 11.0. The number of ether oxygens (including phenoxy) is 2. The van der Waals surface area contributed by atoms with Gasteiger partial charge in [-0.05, 0) is 35.0 Å². The second kappa shape index (κ2) is 20.7. The maximum atomic E-state index is 12.1. The van der Waals surface area contributed by atoms with E-state index in [1.165, 1.54) is 69.8 Å². The van der Waals surface area contributed by atoms with Gasteiger partial charge in [-0.3, -0.25) is 4.79 Å². The molecular weight excluding hydrogens is 476 g/mol. The van der Waals surface area contributed by atoms with E-state index in [-0.39, 0.29) is 12.8 Å². The molecule has 0 amide bonds. The molecular formula is C32H58O4Si. The van der Waals surface area contributed by atoms with Gasteiger partial charge in [0.05, 0.1) is 6.61 Å². The summed E-state index contributed by atoms with van der Waals surface area (Å²) >= 11 is 0. The van der Waals surface area contributed by atoms with Crippen molar-refractivity contribution in [2.75, 3.05) is 13.4 Å². The summed E-state index contributed by atoms with van der Waals surface area (Å²) in [6.07, 6.45) is 15.5. The molecule has 1 rings (SSSR count). The lowest BCUT2D eigenvalue weighted by molar-refractivity contribution is -0.151. The quantitative estimate of drug-likeness (QED) is 0.0606. The third-order valence-corrected chi connectivity index (χ3v) is 13.8. The minimum atomic E-state index is -1.96. The Hall–Kier alpha value is -1.17. The van der Waals surface area contributed by atoms with Crippen LogP contribution in [0.3, 0.4) is 0 Å². The van der Waals surface area contributed by atoms with E-state index in [0.717, 1.165) is 26.1 Å². The van der Waals surface area contributed by atoms with Gasteiger partial charge in [0.2, 0.25) is 8.32 Å². The SMILES string of the molecule is CC(C)[Si](OCOC(=O)CCCCCCCCCCCCCCOCc1ccccc1)(C(C)C)C(C)C. The Morgan fingerprint density at radius 3 is 1.62 bits per heavy atom. The average molecular weight is 535 g/mol. The van der Waals surface area contributed by atoms with Gasteiger partial charge < -0.3 is 13.9 Å². The highest BCUT2D eigenvalue weighted by atomic mass is 28.4. The molecule has 37 heavy (non-hydrogen) atoms. The third kappa shape index (κ3) is 14.5. The van der Waals surface area contributed by atoms with Crippen LogP contribution in [-0.2, 0) is 25.3 Å². The van der Waals surface area contributed by atoms with Crippen molar-refractivity contribution in [3.8, 4) is 0 Å². The molecule has 5 heteroatoms. The lowest BCUT2D eigenvalue weighted by Crippen LogP contribution is -2.48. The van der Waals surface area contributed by atoms with Crippen molar-refractivity contribution in [2.24, 2.45) is 0 Å². The molecule has 0 heterocycles. The highest BCUT2D eigenvalue weighted by Crippen LogP contribution is 2.42. The molecule has 1 aromatic rings. The first kappa shape index (κ1) is 33.9. The molecule has 0 aliphatic rings. The minimum Gasteiger partial charge on any atom is -0.439 e. The second-order valence-electron chi connectivity index (χ2n) is 11.6. The Labute approximate surface area is 230 Å². The average Bonchev–Trinajstić information content (AvgIpc) is 2.86. The number of carbonyl (C=O) groups is 1. The highest BCUT2D eigenvalue weighted by Gasteiger charge is 2.45. The summed E-state index contributed by atoms with van der Waals surface area (Å²) < 4.78 is 17.5. The zero-order valence-electron chi connectivity index (χ0n) is 25.1. The van der Waals surface area contributed by atoms with E-state index in [1.54, 1.807) is 0 Å². The van der Waals surface area contributed by atoms with Gasteiger partial charge in [-0.15, -0.1) is 0 Å². The lowest BCUT2D eigenvalue weighted by atomic mass is 10.0. The van der Waals surface area contributed by atoms with Crippen molar-refractivity contribution in [1.29, 1.82) is 0 Å². The zero-order chi connectivity index (χ0) is 27.4. The van der Waals surface area contributed by atoms with Crippen LogP contribution < -0.4 is 0 Å². The minimum absolute atomic E-state index is 0.109. The fourth-order valence-electron chi connectivity index (χ4n) is 5.77. The fraction of sp³-hybridized carbons (Fsp3) is 0.781. The molecule has 0 spiro atoms. The van der Waals surface area contributed by atoms with E-state index >= 15 is 0 Å². The van der Waals surface area contributed by atoms with Crippen LogP contribution in [0.15, 0.2) is 30.3 Å². The van der Waals surface area contributed by atoms with E-state index in [2.05, 4.69) is 65.8 Å². The molecule has 1 aromatic carbocycles. The van der Waals surface area contributed by atoms with Gasteiger partial charge in [-0.1, -0.05) is 136 Å². The van der Waals surface area contributed by atoms with Gasteiger partial charge in [0.15, 0.2) is 6.79 Å². The van der Waals surface area contributed by atoms with Crippen LogP contribution in [0.5, 0.6) is 0 Å². The van der Waals surface area contributed by atoms with Crippen LogP contribution in [0.2, 0.25) is 16.6 Å². The topological polar surface area (TPSA) is 44.8 Å². The molecule has 0 unspecified atom stereocenters. The molecule has 0 aliphatic carbocycles. The van der Waals surface area contributed by atoms with Gasteiger partial charge in [0.25, 0.3) is 0 Å². The first-order valence-corrected chi connectivity index (χ1v) is 17.4. The molecule has 0 aromatic heterocycles. The standard InChI is InChI=1S/C32H58O4Si/c1-28(2)37(29(3)4,30(5)6)36-27-35-32(33)24-20-15-13-11-9-7-8-10-12-14-16-21-25-34-26-31-22-18-17-19-23-31/h17-19,22-23,28-30H,7-16,20-21,24-27H2,1-6H3. The molecule has 0 radical (unpaired) electrons. The maximum Gasteiger partial charge on any atom is 0.307 e. The summed E-state index contributed by atoms with van der Waals surface area (Å²) in [4.78, 5) is 12.1. The normalized spacial score (nSPS) is 12.1. The number of hydrogen-bond acceptors (Lipinski definition) is 4. The summed E-state index contributed by atoms with van der Waals surface area (Å²) in [5.41, 5.74) is 2.76. The van der Waals surface area contributed by atoms with E-state index in [9.17, 15) is 4.79 Å². The van der Waals surface area contributed by atoms with Crippen molar-refractivity contribution < 1.29 is 18.7 Å². The molecule has 214 valence electrons. The Balaban J connectivity index is 1.89. The van der Waals surface area contributed by atoms with E-state index in [0.29, 0.717) is 23.0 Å². The van der Waals surface area contributed by atoms with Gasteiger partial charge in [-0.2, -0.15) is 0 Å². The van der Waals surface area contributed by atoms with Crippen LogP contribution in [0, 0.1) is 0 Å². The van der Waals surface area contributed by atoms with Crippen molar-refractivity contribution in [3.05, 3.63) is 35.9 Å². The van der Waals surface area contributed by atoms with Gasteiger partial charge >= 0.3 is 5.97 Å². The third-order valence-electron chi connectivity index (χ3n) is 7.77. The summed E-state index contributed by atoms with van der Waals surface area (Å²) in [6, 6.07) is 10.4. The predicted molar refractivity (Wildman–Crippen MR) is 159 cm³/mol. The number of benzene rings is 1. The Kier molecular flexibility index (Phi) is 19.0. The number of unbranched alkanes of at least 4 members (excludes halogenated alkanes) is 11. The van der Waals surface area contributed by atoms with Crippen LogP contribution in [0.4, 0.5) is 0 Å². The first-order valence-electron chi connectivity index (χ1n) is 15.2. The molecule has 0 bridgehead atoms. The Morgan fingerprint density at radius 1 is 0.676 bits per heavy atom. The number of esters is 1. The predicted octanol–water partition coefficient (Wildman–Crippen LogP) is 9.97. The van der Waals surface area contributed by atoms with Gasteiger partial charge in [0.1, 0.15) is 0 Å². The van der Waals surface area contributed by atoms with Gasteiger partial charge in [-0.25, -0.2) is 0 Å². The summed E-state index contributed by atoms with van der Waals surface area (Å²) in [5.74, 6) is -0.109. The summed E-state index contributed by atoms with van der Waals surface area (Å²) in [6.45, 7) is 15.2. The van der Waals surface area contributed by atoms with Crippen LogP contribution in [0.1, 0.15) is 131 Å². The van der Waals surface area contributed by atoms with Gasteiger partial charge in [0, 0.05) is 13.0 Å². The molecule has 0 saturated carbocycles. The second-order valence-corrected chi connectivity index (χ2v) is 17.1. The molecule has 0 atom stereocenters. The molecule has 4 nitrogen and oxygen atoms in total. The van der Waals surface area contributed by atoms with Crippen LogP contribution in [-0.4, -0.2) is 27.7 Å². The van der Waals surface area contributed by atoms with Crippen LogP contribution in [0.25, 0.3) is 0 Å². The summed E-state index contributed by atoms with van der Waals surface area (Å²) in [7, 11) is -1.96. The number of hydrogen-bond donors (Lipinski definition) is 0. The smallest absolute Gasteiger partial charge is 0.307 e.